The van der Waals surface area contributed by atoms with E-state index in [9.17, 15) is 0 Å². The maximum absolute atomic E-state index is 5.72. The molecule has 114 valence electrons. The van der Waals surface area contributed by atoms with Crippen LogP contribution in [-0.4, -0.2) is 12.6 Å². The van der Waals surface area contributed by atoms with Crippen molar-refractivity contribution in [1.29, 1.82) is 0 Å². The summed E-state index contributed by atoms with van der Waals surface area (Å²) in [7, 11) is 0. The van der Waals surface area contributed by atoms with Gasteiger partial charge in [-0.25, -0.2) is 0 Å². The minimum Gasteiger partial charge on any atom is -0.493 e. The molecule has 0 saturated heterocycles. The van der Waals surface area contributed by atoms with E-state index in [0.717, 1.165) is 18.8 Å². The molecule has 20 heavy (non-hydrogen) atoms. The first kappa shape index (κ1) is 17.0. The molecule has 1 aromatic rings. The van der Waals surface area contributed by atoms with Crippen molar-refractivity contribution in [3.05, 3.63) is 29.8 Å². The van der Waals surface area contributed by atoms with Gasteiger partial charge in [0.25, 0.3) is 0 Å². The molecule has 0 spiro atoms. The molecule has 0 radical (unpaired) electrons. The Morgan fingerprint density at radius 3 is 2.05 bits per heavy atom. The third-order valence-electron chi connectivity index (χ3n) is 3.67. The van der Waals surface area contributed by atoms with Gasteiger partial charge in [-0.05, 0) is 42.9 Å². The van der Waals surface area contributed by atoms with Gasteiger partial charge in [-0.3, -0.25) is 0 Å². The van der Waals surface area contributed by atoms with Crippen molar-refractivity contribution in [2.45, 2.75) is 60.0 Å². The van der Waals surface area contributed by atoms with Gasteiger partial charge in [0.2, 0.25) is 0 Å². The third kappa shape index (κ3) is 5.54. The van der Waals surface area contributed by atoms with E-state index in [2.05, 4.69) is 71.1 Å². The first-order chi connectivity index (χ1) is 9.43. The van der Waals surface area contributed by atoms with Gasteiger partial charge in [0, 0.05) is 12.1 Å². The maximum atomic E-state index is 5.72. The zero-order valence-electron chi connectivity index (χ0n) is 13.9. The maximum Gasteiger partial charge on any atom is 0.119 e. The van der Waals surface area contributed by atoms with Crippen molar-refractivity contribution < 1.29 is 4.74 Å². The summed E-state index contributed by atoms with van der Waals surface area (Å²) in [5.41, 5.74) is 1.32. The van der Waals surface area contributed by atoms with E-state index in [4.69, 9.17) is 4.74 Å². The Morgan fingerprint density at radius 2 is 1.60 bits per heavy atom. The zero-order valence-corrected chi connectivity index (χ0v) is 13.9. The van der Waals surface area contributed by atoms with Crippen LogP contribution in [0.1, 0.15) is 59.6 Å². The second-order valence-electron chi connectivity index (χ2n) is 6.42. The highest BCUT2D eigenvalue weighted by molar-refractivity contribution is 5.29. The smallest absolute Gasteiger partial charge is 0.119 e. The van der Waals surface area contributed by atoms with E-state index >= 15 is 0 Å². The van der Waals surface area contributed by atoms with E-state index < -0.39 is 0 Å². The van der Waals surface area contributed by atoms with Gasteiger partial charge in [-0.1, -0.05) is 46.8 Å². The summed E-state index contributed by atoms with van der Waals surface area (Å²) in [6.45, 7) is 14.1. The molecule has 0 saturated carbocycles. The van der Waals surface area contributed by atoms with Gasteiger partial charge >= 0.3 is 0 Å². The van der Waals surface area contributed by atoms with E-state index in [0.29, 0.717) is 23.9 Å². The van der Waals surface area contributed by atoms with E-state index in [1.54, 1.807) is 0 Å². The van der Waals surface area contributed by atoms with E-state index in [1.807, 2.05) is 0 Å². The lowest BCUT2D eigenvalue weighted by atomic mass is 9.99. The second-order valence-corrected chi connectivity index (χ2v) is 6.42. The first-order valence-electron chi connectivity index (χ1n) is 7.92. The highest BCUT2D eigenvalue weighted by Crippen LogP contribution is 2.20. The molecule has 2 unspecified atom stereocenters. The minimum absolute atomic E-state index is 0.376. The molecule has 2 atom stereocenters. The van der Waals surface area contributed by atoms with Gasteiger partial charge in [0.15, 0.2) is 0 Å². The number of nitrogens with one attached hydrogen (secondary N) is 1. The Labute approximate surface area is 124 Å². The van der Waals surface area contributed by atoms with Gasteiger partial charge in [-0.2, -0.15) is 0 Å². The number of hydrogen-bond acceptors (Lipinski definition) is 2. The Kier molecular flexibility index (Phi) is 7.08. The fourth-order valence-electron chi connectivity index (χ4n) is 2.31. The fourth-order valence-corrected chi connectivity index (χ4v) is 2.31. The first-order valence-corrected chi connectivity index (χ1v) is 7.92. The molecule has 1 N–H and O–H groups in total. The number of ether oxygens (including phenoxy) is 1. The lowest BCUT2D eigenvalue weighted by Gasteiger charge is -2.25. The summed E-state index contributed by atoms with van der Waals surface area (Å²) in [6, 6.07) is 9.43. The van der Waals surface area contributed by atoms with Gasteiger partial charge < -0.3 is 10.1 Å². The Morgan fingerprint density at radius 1 is 1.00 bits per heavy atom. The van der Waals surface area contributed by atoms with Crippen molar-refractivity contribution in [2.75, 3.05) is 6.61 Å². The molecule has 2 nitrogen and oxygen atoms in total. The monoisotopic (exact) mass is 277 g/mol. The van der Waals surface area contributed by atoms with Gasteiger partial charge in [-0.15, -0.1) is 0 Å². The van der Waals surface area contributed by atoms with E-state index in [-0.39, 0.29) is 0 Å². The molecule has 0 aliphatic carbocycles. The van der Waals surface area contributed by atoms with Crippen LogP contribution in [-0.2, 0) is 0 Å². The van der Waals surface area contributed by atoms with Crippen molar-refractivity contribution >= 4 is 0 Å². The van der Waals surface area contributed by atoms with Crippen molar-refractivity contribution in [3.8, 4) is 5.75 Å². The largest absolute Gasteiger partial charge is 0.493 e. The second kappa shape index (κ2) is 8.31. The molecule has 0 aliphatic heterocycles. The van der Waals surface area contributed by atoms with Crippen LogP contribution in [0.25, 0.3) is 0 Å². The van der Waals surface area contributed by atoms with Crippen molar-refractivity contribution in [1.82, 2.24) is 5.32 Å². The molecule has 0 bridgehead atoms. The summed E-state index contributed by atoms with van der Waals surface area (Å²) in [5.74, 6) is 2.19. The fraction of sp³-hybridized carbons (Fsp3) is 0.667. The normalized spacial score (nSPS) is 14.6. The summed E-state index contributed by atoms with van der Waals surface area (Å²) in [4.78, 5) is 0. The standard InChI is InChI=1S/C18H31NO/c1-7-18(14(4)5)19-15(6)16-8-10-17(11-9-16)20-12-13(2)3/h8-11,13-15,18-19H,7,12H2,1-6H3. The number of hydrogen-bond donors (Lipinski definition) is 1. The average Bonchev–Trinajstić information content (AvgIpc) is 2.42. The van der Waals surface area contributed by atoms with Crippen molar-refractivity contribution in [2.24, 2.45) is 11.8 Å². The number of rotatable bonds is 8. The molecule has 1 rings (SSSR count). The molecule has 2 heteroatoms. The molecule has 0 fully saturated rings. The molecular formula is C18H31NO. The minimum atomic E-state index is 0.376. The SMILES string of the molecule is CCC(NC(C)c1ccc(OCC(C)C)cc1)C(C)C. The lowest BCUT2D eigenvalue weighted by Crippen LogP contribution is -2.35. The highest BCUT2D eigenvalue weighted by atomic mass is 16.5. The third-order valence-corrected chi connectivity index (χ3v) is 3.67. The molecule has 0 heterocycles. The molecule has 0 amide bonds. The Bertz CT molecular complexity index is 370. The molecule has 1 aromatic carbocycles. The predicted octanol–water partition coefficient (Wildman–Crippen LogP) is 4.81. The Hall–Kier alpha value is -1.02. The van der Waals surface area contributed by atoms with Crippen LogP contribution in [0.15, 0.2) is 24.3 Å². The Balaban J connectivity index is 2.58. The van der Waals surface area contributed by atoms with Gasteiger partial charge in [0.05, 0.1) is 6.61 Å². The van der Waals surface area contributed by atoms with Crippen LogP contribution in [0.2, 0.25) is 0 Å². The molecule has 0 aliphatic rings. The van der Waals surface area contributed by atoms with Crippen molar-refractivity contribution in [3.63, 3.8) is 0 Å². The molecule has 0 aromatic heterocycles. The number of benzene rings is 1. The van der Waals surface area contributed by atoms with Crippen LogP contribution < -0.4 is 10.1 Å². The summed E-state index contributed by atoms with van der Waals surface area (Å²) in [6.07, 6.45) is 1.16. The lowest BCUT2D eigenvalue weighted by molar-refractivity contribution is 0.271. The molecular weight excluding hydrogens is 246 g/mol. The van der Waals surface area contributed by atoms with Crippen LogP contribution in [0.5, 0.6) is 5.75 Å². The van der Waals surface area contributed by atoms with E-state index in [1.165, 1.54) is 5.56 Å². The van der Waals surface area contributed by atoms with Crippen LogP contribution >= 0.6 is 0 Å². The predicted molar refractivity (Wildman–Crippen MR) is 87.2 cm³/mol. The average molecular weight is 277 g/mol. The van der Waals surface area contributed by atoms with Crippen LogP contribution in [0.4, 0.5) is 0 Å². The van der Waals surface area contributed by atoms with Gasteiger partial charge in [0.1, 0.15) is 5.75 Å². The summed E-state index contributed by atoms with van der Waals surface area (Å²) in [5, 5.41) is 3.71. The summed E-state index contributed by atoms with van der Waals surface area (Å²) >= 11 is 0. The highest BCUT2D eigenvalue weighted by Gasteiger charge is 2.14. The van der Waals surface area contributed by atoms with Crippen LogP contribution in [0, 0.1) is 11.8 Å². The van der Waals surface area contributed by atoms with Crippen LogP contribution in [0.3, 0.4) is 0 Å². The quantitative estimate of drug-likeness (QED) is 0.736. The summed E-state index contributed by atoms with van der Waals surface area (Å²) < 4.78 is 5.72. The zero-order chi connectivity index (χ0) is 15.1. The topological polar surface area (TPSA) is 21.3 Å².